The average Bonchev–Trinajstić information content (AvgIpc) is 2.38. The summed E-state index contributed by atoms with van der Waals surface area (Å²) in [5, 5.41) is 0. The van der Waals surface area contributed by atoms with Gasteiger partial charge in [-0.25, -0.2) is 0 Å². The first-order valence-electron chi connectivity index (χ1n) is 6.99. The molecule has 104 valence electrons. The lowest BCUT2D eigenvalue weighted by Gasteiger charge is -2.46. The van der Waals surface area contributed by atoms with Crippen molar-refractivity contribution in [1.29, 1.82) is 0 Å². The lowest BCUT2D eigenvalue weighted by molar-refractivity contribution is -0.126. The number of primary amides is 1. The molecule has 0 bridgehead atoms. The summed E-state index contributed by atoms with van der Waals surface area (Å²) in [6, 6.07) is 0.837. The minimum Gasteiger partial charge on any atom is -0.378 e. The molecule has 0 spiro atoms. The Morgan fingerprint density at radius 2 is 2.33 bits per heavy atom. The van der Waals surface area contributed by atoms with Gasteiger partial charge in [0.25, 0.3) is 0 Å². The molecule has 2 fully saturated rings. The summed E-state index contributed by atoms with van der Waals surface area (Å²) in [7, 11) is 0. The highest BCUT2D eigenvalue weighted by Crippen LogP contribution is 2.31. The summed E-state index contributed by atoms with van der Waals surface area (Å²) >= 11 is 0. The van der Waals surface area contributed by atoms with Crippen LogP contribution in [0.15, 0.2) is 0 Å². The van der Waals surface area contributed by atoms with E-state index in [1.807, 2.05) is 0 Å². The van der Waals surface area contributed by atoms with Crippen LogP contribution in [-0.4, -0.2) is 48.2 Å². The zero-order valence-corrected chi connectivity index (χ0v) is 11.2. The van der Waals surface area contributed by atoms with Crippen molar-refractivity contribution in [2.75, 3.05) is 19.8 Å². The van der Waals surface area contributed by atoms with Gasteiger partial charge in [0.2, 0.25) is 5.91 Å². The van der Waals surface area contributed by atoms with Crippen molar-refractivity contribution in [3.05, 3.63) is 0 Å². The first-order valence-corrected chi connectivity index (χ1v) is 6.99. The van der Waals surface area contributed by atoms with E-state index in [1.54, 1.807) is 0 Å². The largest absolute Gasteiger partial charge is 0.378 e. The van der Waals surface area contributed by atoms with Crippen molar-refractivity contribution < 1.29 is 9.53 Å². The molecular weight excluding hydrogens is 230 g/mol. The van der Waals surface area contributed by atoms with Crippen molar-refractivity contribution in [3.63, 3.8) is 0 Å². The lowest BCUT2D eigenvalue weighted by Crippen LogP contribution is -2.60. The van der Waals surface area contributed by atoms with Gasteiger partial charge in [-0.3, -0.25) is 9.69 Å². The highest BCUT2D eigenvalue weighted by Gasteiger charge is 2.41. The molecule has 1 aliphatic heterocycles. The molecule has 3 atom stereocenters. The van der Waals surface area contributed by atoms with E-state index in [0.29, 0.717) is 18.5 Å². The van der Waals surface area contributed by atoms with Crippen LogP contribution in [0.3, 0.4) is 0 Å². The fraction of sp³-hybridized carbons (Fsp3) is 0.923. The van der Waals surface area contributed by atoms with Gasteiger partial charge in [0.05, 0.1) is 18.8 Å². The number of hydrogen-bond donors (Lipinski definition) is 2. The first kappa shape index (κ1) is 13.8. The molecule has 1 aliphatic carbocycles. The number of ether oxygens (including phenoxy) is 1. The standard InChI is InChI=1S/C13H25N3O2/c1-2-10-9-18-7-6-16(10)11-4-3-5-13(15,8-11)12(14)17/h10-11H,2-9,15H2,1H3,(H2,14,17). The number of rotatable bonds is 3. The smallest absolute Gasteiger partial charge is 0.237 e. The maximum absolute atomic E-state index is 11.5. The van der Waals surface area contributed by atoms with Crippen LogP contribution in [0.1, 0.15) is 39.0 Å². The highest BCUT2D eigenvalue weighted by atomic mass is 16.5. The summed E-state index contributed by atoms with van der Waals surface area (Å²) < 4.78 is 5.53. The molecular formula is C13H25N3O2. The Morgan fingerprint density at radius 1 is 1.56 bits per heavy atom. The van der Waals surface area contributed by atoms with E-state index in [4.69, 9.17) is 16.2 Å². The van der Waals surface area contributed by atoms with Gasteiger partial charge < -0.3 is 16.2 Å². The number of hydrogen-bond acceptors (Lipinski definition) is 4. The van der Waals surface area contributed by atoms with Crippen LogP contribution in [0, 0.1) is 0 Å². The lowest BCUT2D eigenvalue weighted by atomic mass is 9.78. The molecule has 1 amide bonds. The Hall–Kier alpha value is -0.650. The maximum Gasteiger partial charge on any atom is 0.237 e. The van der Waals surface area contributed by atoms with Crippen LogP contribution in [-0.2, 0) is 9.53 Å². The van der Waals surface area contributed by atoms with Gasteiger partial charge in [0.15, 0.2) is 0 Å². The van der Waals surface area contributed by atoms with Crippen molar-refractivity contribution in [2.24, 2.45) is 11.5 Å². The van der Waals surface area contributed by atoms with Gasteiger partial charge in [-0.1, -0.05) is 6.92 Å². The second-order valence-electron chi connectivity index (χ2n) is 5.65. The topological polar surface area (TPSA) is 81.6 Å². The van der Waals surface area contributed by atoms with Crippen LogP contribution in [0.25, 0.3) is 0 Å². The number of amides is 1. The molecule has 0 aromatic rings. The highest BCUT2D eigenvalue weighted by molar-refractivity contribution is 5.84. The van der Waals surface area contributed by atoms with Crippen LogP contribution < -0.4 is 11.5 Å². The van der Waals surface area contributed by atoms with Crippen molar-refractivity contribution in [2.45, 2.75) is 56.7 Å². The average molecular weight is 255 g/mol. The summed E-state index contributed by atoms with van der Waals surface area (Å²) in [6.45, 7) is 4.69. The third-order valence-corrected chi connectivity index (χ3v) is 4.46. The predicted octanol–water partition coefficient (Wildman–Crippen LogP) is 0.223. The second-order valence-corrected chi connectivity index (χ2v) is 5.65. The zero-order valence-electron chi connectivity index (χ0n) is 11.2. The molecule has 0 aromatic carbocycles. The van der Waals surface area contributed by atoms with Crippen LogP contribution in [0.4, 0.5) is 0 Å². The number of nitrogens with two attached hydrogens (primary N) is 2. The minimum absolute atomic E-state index is 0.353. The Morgan fingerprint density at radius 3 is 3.00 bits per heavy atom. The Labute approximate surface area is 109 Å². The van der Waals surface area contributed by atoms with Gasteiger partial charge in [0.1, 0.15) is 0 Å². The van der Waals surface area contributed by atoms with Crippen molar-refractivity contribution in [1.82, 2.24) is 4.90 Å². The molecule has 4 N–H and O–H groups in total. The summed E-state index contributed by atoms with van der Waals surface area (Å²) in [4.78, 5) is 14.0. The molecule has 3 unspecified atom stereocenters. The second kappa shape index (κ2) is 5.55. The number of carbonyl (C=O) groups is 1. The first-order chi connectivity index (χ1) is 8.57. The molecule has 1 saturated carbocycles. The molecule has 0 radical (unpaired) electrons. The van der Waals surface area contributed by atoms with Crippen molar-refractivity contribution in [3.8, 4) is 0 Å². The van der Waals surface area contributed by atoms with Gasteiger partial charge in [-0.2, -0.15) is 0 Å². The van der Waals surface area contributed by atoms with Crippen LogP contribution >= 0.6 is 0 Å². The van der Waals surface area contributed by atoms with Crippen LogP contribution in [0.5, 0.6) is 0 Å². The van der Waals surface area contributed by atoms with Crippen molar-refractivity contribution >= 4 is 5.91 Å². The summed E-state index contributed by atoms with van der Waals surface area (Å²) in [5.41, 5.74) is 10.8. The number of morpholine rings is 1. The Kier molecular flexibility index (Phi) is 4.25. The van der Waals surface area contributed by atoms with Crippen LogP contribution in [0.2, 0.25) is 0 Å². The van der Waals surface area contributed by atoms with E-state index < -0.39 is 5.54 Å². The van der Waals surface area contributed by atoms with Gasteiger partial charge in [-0.05, 0) is 32.1 Å². The zero-order chi connectivity index (χ0) is 13.2. The molecule has 5 heteroatoms. The summed E-state index contributed by atoms with van der Waals surface area (Å²) in [5.74, 6) is -0.353. The number of nitrogens with zero attached hydrogens (tertiary/aromatic N) is 1. The maximum atomic E-state index is 11.5. The third-order valence-electron chi connectivity index (χ3n) is 4.46. The van der Waals surface area contributed by atoms with E-state index in [2.05, 4.69) is 11.8 Å². The minimum atomic E-state index is -0.806. The molecule has 1 saturated heterocycles. The molecule has 2 aliphatic rings. The quantitative estimate of drug-likeness (QED) is 0.756. The monoisotopic (exact) mass is 255 g/mol. The van der Waals surface area contributed by atoms with E-state index >= 15 is 0 Å². The molecule has 0 aromatic heterocycles. The summed E-state index contributed by atoms with van der Waals surface area (Å²) in [6.07, 6.45) is 4.59. The molecule has 1 heterocycles. The normalized spacial score (nSPS) is 38.6. The SMILES string of the molecule is CCC1COCCN1C1CCCC(N)(C(N)=O)C1. The predicted molar refractivity (Wildman–Crippen MR) is 70.0 cm³/mol. The third kappa shape index (κ3) is 2.68. The van der Waals surface area contributed by atoms with E-state index in [-0.39, 0.29) is 5.91 Å². The molecule has 5 nitrogen and oxygen atoms in total. The van der Waals surface area contributed by atoms with E-state index in [9.17, 15) is 4.79 Å². The number of carbonyl (C=O) groups excluding carboxylic acids is 1. The van der Waals surface area contributed by atoms with E-state index in [0.717, 1.165) is 45.4 Å². The van der Waals surface area contributed by atoms with Gasteiger partial charge in [-0.15, -0.1) is 0 Å². The molecule has 18 heavy (non-hydrogen) atoms. The Balaban J connectivity index is 2.05. The molecule has 2 rings (SSSR count). The fourth-order valence-electron chi connectivity index (χ4n) is 3.29. The van der Waals surface area contributed by atoms with Gasteiger partial charge in [0, 0.05) is 18.6 Å². The fourth-order valence-corrected chi connectivity index (χ4v) is 3.29. The van der Waals surface area contributed by atoms with Gasteiger partial charge >= 0.3 is 0 Å². The Bertz CT molecular complexity index is 311. The van der Waals surface area contributed by atoms with E-state index in [1.165, 1.54) is 0 Å².